The molecule has 5 nitrogen and oxygen atoms in total. The second-order valence-electron chi connectivity index (χ2n) is 3.82. The molecular weight excluding hydrogens is 242 g/mol. The molecule has 2 rings (SSSR count). The number of nitrogens with two attached hydrogens (primary N) is 1. The third-order valence-electron chi connectivity index (χ3n) is 2.63. The third kappa shape index (κ3) is 2.68. The molecule has 2 heterocycles. The van der Waals surface area contributed by atoms with Crippen molar-refractivity contribution in [2.75, 3.05) is 18.8 Å². The summed E-state index contributed by atoms with van der Waals surface area (Å²) >= 11 is 5.83. The lowest BCUT2D eigenvalue weighted by Crippen LogP contribution is -2.33. The predicted molar refractivity (Wildman–Crippen MR) is 65.9 cm³/mol. The number of aromatic nitrogens is 1. The Morgan fingerprint density at radius 3 is 2.82 bits per heavy atom. The number of hydrogen-bond acceptors (Lipinski definition) is 3. The normalized spacial score (nSPS) is 15.6. The van der Waals surface area contributed by atoms with E-state index in [1.807, 2.05) is 6.08 Å². The summed E-state index contributed by atoms with van der Waals surface area (Å²) in [7, 11) is 0. The first kappa shape index (κ1) is 11.7. The van der Waals surface area contributed by atoms with E-state index in [1.165, 1.54) is 4.90 Å². The van der Waals surface area contributed by atoms with Gasteiger partial charge in [-0.25, -0.2) is 9.78 Å². The maximum absolute atomic E-state index is 10.7. The summed E-state index contributed by atoms with van der Waals surface area (Å²) in [6, 6.07) is 3.33. The summed E-state index contributed by atoms with van der Waals surface area (Å²) in [5, 5.41) is 9.17. The van der Waals surface area contributed by atoms with Gasteiger partial charge in [-0.2, -0.15) is 0 Å². The Kier molecular flexibility index (Phi) is 3.19. The van der Waals surface area contributed by atoms with E-state index in [2.05, 4.69) is 4.98 Å². The van der Waals surface area contributed by atoms with Crippen molar-refractivity contribution in [3.63, 3.8) is 0 Å². The zero-order chi connectivity index (χ0) is 12.4. The first-order chi connectivity index (χ1) is 8.06. The summed E-state index contributed by atoms with van der Waals surface area (Å²) in [6.45, 7) is 0.841. The van der Waals surface area contributed by atoms with Crippen LogP contribution < -0.4 is 5.73 Å². The van der Waals surface area contributed by atoms with Crippen molar-refractivity contribution in [1.29, 1.82) is 0 Å². The van der Waals surface area contributed by atoms with E-state index in [-0.39, 0.29) is 0 Å². The second-order valence-corrected chi connectivity index (χ2v) is 4.20. The zero-order valence-corrected chi connectivity index (χ0v) is 9.81. The standard InChI is InChI=1S/C11H12ClN3O2/c12-10-6-8(13)5-9(14-10)7-1-3-15(4-2-7)11(16)17/h1,5-6H,2-4H2,(H2,13,14)(H,16,17). The van der Waals surface area contributed by atoms with Crippen LogP contribution in [0.2, 0.25) is 5.15 Å². The molecule has 90 valence electrons. The second kappa shape index (κ2) is 4.63. The summed E-state index contributed by atoms with van der Waals surface area (Å²) in [6.07, 6.45) is 1.56. The summed E-state index contributed by atoms with van der Waals surface area (Å²) in [4.78, 5) is 16.3. The first-order valence-electron chi connectivity index (χ1n) is 5.16. The van der Waals surface area contributed by atoms with Crippen molar-refractivity contribution in [1.82, 2.24) is 9.88 Å². The summed E-state index contributed by atoms with van der Waals surface area (Å²) in [5.74, 6) is 0. The molecule has 0 saturated heterocycles. The molecule has 1 aliphatic heterocycles. The fourth-order valence-electron chi connectivity index (χ4n) is 1.76. The van der Waals surface area contributed by atoms with Crippen LogP contribution in [0.5, 0.6) is 0 Å². The minimum Gasteiger partial charge on any atom is -0.465 e. The summed E-state index contributed by atoms with van der Waals surface area (Å²) < 4.78 is 0. The molecular formula is C11H12ClN3O2. The molecule has 0 aliphatic carbocycles. The Balaban J connectivity index is 2.21. The van der Waals surface area contributed by atoms with Crippen LogP contribution in [-0.2, 0) is 0 Å². The van der Waals surface area contributed by atoms with Crippen molar-refractivity contribution in [3.05, 3.63) is 29.1 Å². The number of carboxylic acid groups (broad SMARTS) is 1. The molecule has 0 atom stereocenters. The number of carbonyl (C=O) groups is 1. The van der Waals surface area contributed by atoms with Crippen LogP contribution in [-0.4, -0.2) is 34.2 Å². The Morgan fingerprint density at radius 1 is 1.53 bits per heavy atom. The van der Waals surface area contributed by atoms with Gasteiger partial charge in [0.15, 0.2) is 0 Å². The van der Waals surface area contributed by atoms with Gasteiger partial charge in [-0.1, -0.05) is 17.7 Å². The van der Waals surface area contributed by atoms with Crippen LogP contribution in [0.1, 0.15) is 12.1 Å². The summed E-state index contributed by atoms with van der Waals surface area (Å²) in [5.41, 5.74) is 7.95. The highest BCUT2D eigenvalue weighted by molar-refractivity contribution is 6.29. The number of hydrogen-bond donors (Lipinski definition) is 2. The van der Waals surface area contributed by atoms with Crippen molar-refractivity contribution in [2.45, 2.75) is 6.42 Å². The largest absolute Gasteiger partial charge is 0.465 e. The van der Waals surface area contributed by atoms with Gasteiger partial charge in [-0.05, 0) is 24.1 Å². The Hall–Kier alpha value is -1.75. The lowest BCUT2D eigenvalue weighted by atomic mass is 10.0. The van der Waals surface area contributed by atoms with Gasteiger partial charge in [0.1, 0.15) is 5.15 Å². The van der Waals surface area contributed by atoms with E-state index in [4.69, 9.17) is 22.4 Å². The van der Waals surface area contributed by atoms with Gasteiger partial charge in [-0.3, -0.25) is 0 Å². The number of rotatable bonds is 1. The SMILES string of the molecule is Nc1cc(Cl)nc(C2=CCN(C(=O)O)CC2)c1. The Morgan fingerprint density at radius 2 is 2.29 bits per heavy atom. The zero-order valence-electron chi connectivity index (χ0n) is 9.06. The van der Waals surface area contributed by atoms with E-state index < -0.39 is 6.09 Å². The molecule has 1 amide bonds. The van der Waals surface area contributed by atoms with Gasteiger partial charge >= 0.3 is 6.09 Å². The number of halogens is 1. The van der Waals surface area contributed by atoms with Gasteiger partial charge in [0.25, 0.3) is 0 Å². The van der Waals surface area contributed by atoms with E-state index in [0.717, 1.165) is 11.3 Å². The van der Waals surface area contributed by atoms with Crippen LogP contribution in [0, 0.1) is 0 Å². The predicted octanol–water partition coefficient (Wildman–Crippen LogP) is 2.08. The molecule has 0 unspecified atom stereocenters. The Labute approximate surface area is 104 Å². The highest BCUT2D eigenvalue weighted by Gasteiger charge is 2.17. The molecule has 1 aromatic rings. The van der Waals surface area contributed by atoms with Gasteiger partial charge in [0, 0.05) is 18.8 Å². The number of nitrogen functional groups attached to an aromatic ring is 1. The fourth-order valence-corrected chi connectivity index (χ4v) is 1.97. The maximum atomic E-state index is 10.7. The minimum atomic E-state index is -0.904. The van der Waals surface area contributed by atoms with Crippen LogP contribution in [0.25, 0.3) is 5.57 Å². The van der Waals surface area contributed by atoms with Gasteiger partial charge in [-0.15, -0.1) is 0 Å². The molecule has 1 aliphatic rings. The molecule has 0 bridgehead atoms. The smallest absolute Gasteiger partial charge is 0.407 e. The van der Waals surface area contributed by atoms with Gasteiger partial charge in [0.2, 0.25) is 0 Å². The quantitative estimate of drug-likeness (QED) is 0.751. The molecule has 17 heavy (non-hydrogen) atoms. The number of nitrogens with zero attached hydrogens (tertiary/aromatic N) is 2. The average Bonchev–Trinajstić information content (AvgIpc) is 2.28. The fraction of sp³-hybridized carbons (Fsp3) is 0.273. The van der Waals surface area contributed by atoms with Crippen LogP contribution in [0.3, 0.4) is 0 Å². The Bertz CT molecular complexity index is 467. The van der Waals surface area contributed by atoms with E-state index in [0.29, 0.717) is 30.4 Å². The topological polar surface area (TPSA) is 79.5 Å². The molecule has 1 aromatic heterocycles. The minimum absolute atomic E-state index is 0.349. The lowest BCUT2D eigenvalue weighted by Gasteiger charge is -2.23. The highest BCUT2D eigenvalue weighted by atomic mass is 35.5. The van der Waals surface area contributed by atoms with Crippen molar-refractivity contribution >= 4 is 29.0 Å². The van der Waals surface area contributed by atoms with E-state index in [1.54, 1.807) is 12.1 Å². The number of anilines is 1. The maximum Gasteiger partial charge on any atom is 0.407 e. The molecule has 0 saturated carbocycles. The monoisotopic (exact) mass is 253 g/mol. The van der Waals surface area contributed by atoms with E-state index in [9.17, 15) is 4.79 Å². The molecule has 0 radical (unpaired) electrons. The number of pyridine rings is 1. The lowest BCUT2D eigenvalue weighted by molar-refractivity contribution is 0.150. The van der Waals surface area contributed by atoms with Crippen LogP contribution in [0.4, 0.5) is 10.5 Å². The molecule has 0 aromatic carbocycles. The van der Waals surface area contributed by atoms with Crippen molar-refractivity contribution in [3.8, 4) is 0 Å². The van der Waals surface area contributed by atoms with Gasteiger partial charge in [0.05, 0.1) is 5.69 Å². The first-order valence-corrected chi connectivity index (χ1v) is 5.54. The van der Waals surface area contributed by atoms with E-state index >= 15 is 0 Å². The number of amides is 1. The van der Waals surface area contributed by atoms with Gasteiger partial charge < -0.3 is 15.7 Å². The van der Waals surface area contributed by atoms with Crippen LogP contribution >= 0.6 is 11.6 Å². The molecule has 0 fully saturated rings. The molecule has 6 heteroatoms. The molecule has 3 N–H and O–H groups in total. The molecule has 0 spiro atoms. The highest BCUT2D eigenvalue weighted by Crippen LogP contribution is 2.24. The average molecular weight is 254 g/mol. The van der Waals surface area contributed by atoms with Crippen molar-refractivity contribution in [2.24, 2.45) is 0 Å². The third-order valence-corrected chi connectivity index (χ3v) is 2.82. The van der Waals surface area contributed by atoms with Crippen molar-refractivity contribution < 1.29 is 9.90 Å². The van der Waals surface area contributed by atoms with Crippen LogP contribution in [0.15, 0.2) is 18.2 Å².